The first-order valence-corrected chi connectivity index (χ1v) is 20.9. The molecule has 0 spiro atoms. The number of alkyl halides is 1. The van der Waals surface area contributed by atoms with Gasteiger partial charge in [0.25, 0.3) is 0 Å². The fraction of sp³-hybridized carbons (Fsp3) is 0.696. The van der Waals surface area contributed by atoms with Crippen molar-refractivity contribution in [3.8, 4) is 0 Å². The van der Waals surface area contributed by atoms with Gasteiger partial charge in [0.1, 0.15) is 24.6 Å². The lowest BCUT2D eigenvalue weighted by Crippen LogP contribution is -2.33. The zero-order valence-electron chi connectivity index (χ0n) is 25.8. The molecule has 26 heteroatoms. The molecular formula is C23H39IN7O15P3. The Balaban J connectivity index is 1.41. The molecule has 3 rings (SSSR count). The average Bonchev–Trinajstić information content (AvgIpc) is 3.55. The summed E-state index contributed by atoms with van der Waals surface area (Å²) in [5.74, 6) is 0.359. The number of rotatable bonds is 22. The van der Waals surface area contributed by atoms with Crippen molar-refractivity contribution in [3.63, 3.8) is 0 Å². The van der Waals surface area contributed by atoms with Gasteiger partial charge in [-0.25, -0.2) is 28.6 Å². The predicted molar refractivity (Wildman–Crippen MR) is 177 cm³/mol. The van der Waals surface area contributed by atoms with Crippen LogP contribution in [0.15, 0.2) is 12.7 Å². The largest absolute Gasteiger partial charge is 0.490 e. The minimum absolute atomic E-state index is 0.0156. The molecule has 3 heterocycles. The highest BCUT2D eigenvalue weighted by atomic mass is 127. The van der Waals surface area contributed by atoms with Crippen molar-refractivity contribution in [2.75, 3.05) is 36.0 Å². The van der Waals surface area contributed by atoms with Crippen molar-refractivity contribution in [2.45, 2.75) is 69.5 Å². The molecule has 9 N–H and O–H groups in total. The van der Waals surface area contributed by atoms with Crippen molar-refractivity contribution < 1.29 is 71.0 Å². The summed E-state index contributed by atoms with van der Waals surface area (Å²) < 4.78 is 53.4. The number of phosphoric acid groups is 3. The summed E-state index contributed by atoms with van der Waals surface area (Å²) in [6.07, 6.45) is 1.63. The molecular weight excluding hydrogens is 834 g/mol. The third-order valence-electron chi connectivity index (χ3n) is 6.78. The van der Waals surface area contributed by atoms with Crippen molar-refractivity contribution >= 4 is 74.9 Å². The van der Waals surface area contributed by atoms with E-state index in [-0.39, 0.29) is 17.5 Å². The van der Waals surface area contributed by atoms with E-state index in [4.69, 9.17) is 14.5 Å². The second-order valence-corrected chi connectivity index (χ2v) is 15.8. The number of fused-ring (bicyclic) bond motifs is 1. The Labute approximate surface area is 293 Å². The monoisotopic (exact) mass is 873 g/mol. The summed E-state index contributed by atoms with van der Waals surface area (Å²) >= 11 is 1.99. The van der Waals surface area contributed by atoms with Crippen molar-refractivity contribution in [2.24, 2.45) is 0 Å². The topological polar surface area (TPSA) is 323 Å². The van der Waals surface area contributed by atoms with Gasteiger partial charge in [-0.2, -0.15) is 8.62 Å². The van der Waals surface area contributed by atoms with Crippen molar-refractivity contribution in [1.29, 1.82) is 0 Å². The van der Waals surface area contributed by atoms with E-state index < -0.39 is 54.6 Å². The molecule has 1 saturated heterocycles. The lowest BCUT2D eigenvalue weighted by Gasteiger charge is -2.19. The number of amides is 2. The van der Waals surface area contributed by atoms with Crippen LogP contribution in [0.2, 0.25) is 0 Å². The van der Waals surface area contributed by atoms with Crippen molar-refractivity contribution in [3.05, 3.63) is 12.7 Å². The maximum Gasteiger partial charge on any atom is 0.490 e. The minimum atomic E-state index is -5.75. The molecule has 0 radical (unpaired) electrons. The summed E-state index contributed by atoms with van der Waals surface area (Å²) in [7, 11) is -16.8. The summed E-state index contributed by atoms with van der Waals surface area (Å²) in [6.45, 7) is 0.709. The van der Waals surface area contributed by atoms with Gasteiger partial charge in [0.2, 0.25) is 11.8 Å². The van der Waals surface area contributed by atoms with Gasteiger partial charge in [-0.3, -0.25) is 18.7 Å². The minimum Gasteiger partial charge on any atom is -0.387 e. The standard InChI is InChI=1S/C23H39IN7O15P3/c24-11-17(33)26-9-6-3-7-16(32)25-8-4-1-2-5-10-27-21-18-22(29-13-28-21)31(14-30-18)23-20(35)19(34)15(44-23)12-43-48(39,40)46-49(41,42)45-47(36,37)38/h13-15,19-20,23,34-35H,1-12H2,(H,25,32)(H,26,33)(H,39,40)(H,41,42)(H,27,28,29)(H2,36,37,38). The number of hydrogen-bond donors (Lipinski definition) is 9. The fourth-order valence-electron chi connectivity index (χ4n) is 4.55. The van der Waals surface area contributed by atoms with Crippen LogP contribution < -0.4 is 16.0 Å². The highest BCUT2D eigenvalue weighted by Crippen LogP contribution is 2.66. The zero-order valence-corrected chi connectivity index (χ0v) is 30.7. The van der Waals surface area contributed by atoms with Gasteiger partial charge >= 0.3 is 23.5 Å². The van der Waals surface area contributed by atoms with Crippen LogP contribution in [0.1, 0.15) is 51.2 Å². The molecule has 0 bridgehead atoms. The Morgan fingerprint density at radius 1 is 0.857 bits per heavy atom. The van der Waals surface area contributed by atoms with Gasteiger partial charge in [0.15, 0.2) is 23.2 Å². The maximum atomic E-state index is 12.0. The predicted octanol–water partition coefficient (Wildman–Crippen LogP) is 0.599. The van der Waals surface area contributed by atoms with E-state index in [1.807, 2.05) is 22.6 Å². The van der Waals surface area contributed by atoms with Crippen LogP contribution in [0.3, 0.4) is 0 Å². The van der Waals surface area contributed by atoms with Crippen molar-refractivity contribution in [1.82, 2.24) is 30.2 Å². The first-order chi connectivity index (χ1) is 23.0. The zero-order chi connectivity index (χ0) is 36.2. The van der Waals surface area contributed by atoms with Crippen LogP contribution >= 0.6 is 46.1 Å². The molecule has 1 aliphatic heterocycles. The molecule has 2 aromatic heterocycles. The number of aliphatic hydroxyl groups excluding tert-OH is 2. The molecule has 2 aromatic rings. The Bertz CT molecular complexity index is 1550. The molecule has 49 heavy (non-hydrogen) atoms. The first-order valence-electron chi connectivity index (χ1n) is 14.8. The summed E-state index contributed by atoms with van der Waals surface area (Å²) in [6, 6.07) is 0. The van der Waals surface area contributed by atoms with Gasteiger partial charge in [-0.15, -0.1) is 0 Å². The Kier molecular flexibility index (Phi) is 16.4. The number of nitrogens with zero attached hydrogens (tertiary/aromatic N) is 4. The first kappa shape index (κ1) is 41.7. The highest BCUT2D eigenvalue weighted by Gasteiger charge is 2.47. The number of ether oxygens (including phenoxy) is 1. The van der Waals surface area contributed by atoms with Gasteiger partial charge in [0, 0.05) is 26.1 Å². The molecule has 22 nitrogen and oxygen atoms in total. The van der Waals surface area contributed by atoms with Gasteiger partial charge in [-0.1, -0.05) is 35.4 Å². The number of unbranched alkanes of at least 4 members (excludes halogenated alkanes) is 4. The van der Waals surface area contributed by atoms with E-state index in [0.717, 1.165) is 32.1 Å². The second-order valence-electron chi connectivity index (χ2n) is 10.6. The van der Waals surface area contributed by atoms with Gasteiger partial charge < -0.3 is 50.5 Å². The van der Waals surface area contributed by atoms with Gasteiger partial charge in [0.05, 0.1) is 17.4 Å². The molecule has 2 amide bonds. The van der Waals surface area contributed by atoms with Crippen LogP contribution in [0.4, 0.5) is 5.82 Å². The number of carbonyl (C=O) groups excluding carboxylic acids is 2. The number of imidazole rings is 1. The molecule has 0 aliphatic carbocycles. The molecule has 278 valence electrons. The third-order valence-corrected chi connectivity index (χ3v) is 11.3. The number of halogens is 1. The molecule has 0 aromatic carbocycles. The molecule has 0 saturated carbocycles. The van der Waals surface area contributed by atoms with E-state index in [1.165, 1.54) is 17.2 Å². The van der Waals surface area contributed by atoms with E-state index in [0.29, 0.717) is 48.2 Å². The van der Waals surface area contributed by atoms with Crippen LogP contribution in [0.25, 0.3) is 11.2 Å². The molecule has 6 atom stereocenters. The average molecular weight is 873 g/mol. The van der Waals surface area contributed by atoms with Crippen LogP contribution in [-0.4, -0.2) is 110 Å². The lowest BCUT2D eigenvalue weighted by atomic mass is 10.1. The van der Waals surface area contributed by atoms with Crippen LogP contribution in [-0.2, 0) is 41.2 Å². The normalized spacial score (nSPS) is 22.0. The molecule has 6 unspecified atom stereocenters. The highest BCUT2D eigenvalue weighted by molar-refractivity contribution is 14.1. The number of carbonyl (C=O) groups is 2. The van der Waals surface area contributed by atoms with E-state index in [9.17, 15) is 43.3 Å². The summed E-state index contributed by atoms with van der Waals surface area (Å²) in [5, 5.41) is 29.9. The number of aromatic nitrogens is 4. The quantitative estimate of drug-likeness (QED) is 0.0338. The van der Waals surface area contributed by atoms with E-state index in [1.54, 1.807) is 0 Å². The summed E-state index contributed by atoms with van der Waals surface area (Å²) in [4.78, 5) is 72.0. The fourth-order valence-corrected chi connectivity index (χ4v) is 7.85. The molecule has 1 aliphatic rings. The van der Waals surface area contributed by atoms with E-state index >= 15 is 0 Å². The van der Waals surface area contributed by atoms with Gasteiger partial charge in [-0.05, 0) is 25.7 Å². The molecule has 1 fully saturated rings. The SMILES string of the molecule is O=C(CI)NCCCCC(=O)NCCCCCCNc1ncnc2c1ncn2C1OC(COP(=O)(O)OP(=O)(O)OP(=O)(O)O)C(O)C1O. The lowest BCUT2D eigenvalue weighted by molar-refractivity contribution is -0.121. The van der Waals surface area contributed by atoms with E-state index in [2.05, 4.69) is 44.0 Å². The number of anilines is 1. The number of aliphatic hydroxyl groups is 2. The maximum absolute atomic E-state index is 12.0. The van der Waals surface area contributed by atoms with Crippen LogP contribution in [0, 0.1) is 0 Å². The second kappa shape index (κ2) is 19.2. The smallest absolute Gasteiger partial charge is 0.387 e. The summed E-state index contributed by atoms with van der Waals surface area (Å²) in [5.41, 5.74) is 0.531. The Morgan fingerprint density at radius 2 is 1.51 bits per heavy atom. The Morgan fingerprint density at radius 3 is 2.18 bits per heavy atom. The van der Waals surface area contributed by atoms with Crippen LogP contribution in [0.5, 0.6) is 0 Å². The number of hydrogen-bond acceptors (Lipinski definition) is 15. The Hall–Kier alpha value is -1.69. The number of phosphoric ester groups is 1. The third kappa shape index (κ3) is 14.1. The number of nitrogens with one attached hydrogen (secondary N) is 3.